The van der Waals surface area contributed by atoms with Crippen molar-refractivity contribution in [3.8, 4) is 0 Å². The van der Waals surface area contributed by atoms with Crippen molar-refractivity contribution < 1.29 is 18.7 Å². The topological polar surface area (TPSA) is 79.1 Å². The molecule has 1 aromatic rings. The Labute approximate surface area is 163 Å². The molecule has 0 aliphatic carbocycles. The van der Waals surface area contributed by atoms with Crippen molar-refractivity contribution in [3.63, 3.8) is 0 Å². The molecule has 2 amide bonds. The zero-order valence-corrected chi connectivity index (χ0v) is 16.4. The summed E-state index contributed by atoms with van der Waals surface area (Å²) in [5, 5.41) is 1.58. The van der Waals surface area contributed by atoms with Crippen LogP contribution in [0.1, 0.15) is 13.8 Å². The molecule has 2 N–H and O–H groups in total. The van der Waals surface area contributed by atoms with E-state index in [0.29, 0.717) is 44.1 Å². The summed E-state index contributed by atoms with van der Waals surface area (Å²) >= 11 is 4.27. The number of amides is 2. The van der Waals surface area contributed by atoms with Crippen molar-refractivity contribution in [1.29, 1.82) is 0 Å². The molecule has 7 nitrogen and oxygen atoms in total. The Bertz CT molecular complexity index is 695. The van der Waals surface area contributed by atoms with Crippen molar-refractivity contribution in [2.45, 2.75) is 20.0 Å². The summed E-state index contributed by atoms with van der Waals surface area (Å²) in [5.74, 6) is -0.361. The minimum atomic E-state index is -0.507. The fourth-order valence-corrected chi connectivity index (χ4v) is 3.04. The molecule has 0 unspecified atom stereocenters. The van der Waals surface area contributed by atoms with Gasteiger partial charge in [0.15, 0.2) is 0 Å². The number of hydrogen-bond acceptors (Lipinski definition) is 6. The van der Waals surface area contributed by atoms with Gasteiger partial charge in [0.2, 0.25) is 5.91 Å². The number of anilines is 2. The molecule has 0 radical (unpaired) electrons. The number of benzene rings is 1. The molecule has 27 heavy (non-hydrogen) atoms. The highest BCUT2D eigenvalue weighted by atomic mass is 32.1. The maximum Gasteiger partial charge on any atom is 0.414 e. The van der Waals surface area contributed by atoms with E-state index in [0.717, 1.165) is 0 Å². The van der Waals surface area contributed by atoms with E-state index in [1.165, 1.54) is 17.9 Å². The SMILES string of the molecule is CC(=O)N1CCN(c2ccc(N3C[C@H](CN)OC3=O)cc2F)CC1.CC=S. The van der Waals surface area contributed by atoms with Crippen LogP contribution >= 0.6 is 12.2 Å². The molecule has 2 aliphatic heterocycles. The number of nitrogens with zero attached hydrogens (tertiary/aromatic N) is 3. The molecule has 1 atom stereocenters. The number of piperazine rings is 1. The normalized spacial score (nSPS) is 19.3. The Hall–Kier alpha value is -2.26. The van der Waals surface area contributed by atoms with Crippen LogP contribution in [-0.4, -0.2) is 67.6 Å². The summed E-state index contributed by atoms with van der Waals surface area (Å²) in [4.78, 5) is 28.2. The van der Waals surface area contributed by atoms with Gasteiger partial charge in [0.1, 0.15) is 11.9 Å². The largest absolute Gasteiger partial charge is 0.443 e. The van der Waals surface area contributed by atoms with Gasteiger partial charge in [-0.2, -0.15) is 0 Å². The molecule has 1 aromatic carbocycles. The van der Waals surface area contributed by atoms with Gasteiger partial charge < -0.3 is 20.3 Å². The van der Waals surface area contributed by atoms with Gasteiger partial charge in [0, 0.05) is 39.6 Å². The van der Waals surface area contributed by atoms with Crippen LogP contribution < -0.4 is 15.5 Å². The maximum atomic E-state index is 14.5. The van der Waals surface area contributed by atoms with Crippen LogP contribution in [0.5, 0.6) is 0 Å². The van der Waals surface area contributed by atoms with E-state index < -0.39 is 11.9 Å². The number of carbonyl (C=O) groups excluding carboxylic acids is 2. The van der Waals surface area contributed by atoms with Gasteiger partial charge in [-0.05, 0) is 30.5 Å². The van der Waals surface area contributed by atoms with E-state index in [-0.39, 0.29) is 18.6 Å². The van der Waals surface area contributed by atoms with Crippen LogP contribution in [0.2, 0.25) is 0 Å². The maximum absolute atomic E-state index is 14.5. The molecule has 3 rings (SSSR count). The summed E-state index contributed by atoms with van der Waals surface area (Å²) < 4.78 is 19.6. The molecule has 9 heteroatoms. The molecular formula is C18H25FN4O3S. The molecule has 2 fully saturated rings. The Kier molecular flexibility index (Phi) is 7.49. The van der Waals surface area contributed by atoms with Gasteiger partial charge >= 0.3 is 6.09 Å². The van der Waals surface area contributed by atoms with Crippen LogP contribution in [0.15, 0.2) is 18.2 Å². The van der Waals surface area contributed by atoms with Crippen LogP contribution in [0.3, 0.4) is 0 Å². The standard InChI is InChI=1S/C16H21FN4O3.C2H4S/c1-11(22)19-4-6-20(7-5-19)15-3-2-12(8-14(15)17)21-10-13(9-18)24-16(21)23;1-2-3/h2-3,8,13H,4-7,9-10,18H2,1H3;2H,1H3/t13-;/m0./s1. The summed E-state index contributed by atoms with van der Waals surface area (Å²) in [6, 6.07) is 4.71. The first-order valence-corrected chi connectivity index (χ1v) is 9.26. The van der Waals surface area contributed by atoms with Gasteiger partial charge in [-0.3, -0.25) is 9.69 Å². The number of thiocarbonyl (C=S) groups is 1. The number of carbonyl (C=O) groups is 2. The van der Waals surface area contributed by atoms with E-state index in [1.807, 2.05) is 11.8 Å². The first kappa shape index (κ1) is 21.0. The van der Waals surface area contributed by atoms with Crippen LogP contribution in [-0.2, 0) is 9.53 Å². The predicted molar refractivity (Wildman–Crippen MR) is 107 cm³/mol. The van der Waals surface area contributed by atoms with Crippen LogP contribution in [0.25, 0.3) is 0 Å². The summed E-state index contributed by atoms with van der Waals surface area (Å²) in [6.45, 7) is 6.23. The van der Waals surface area contributed by atoms with Gasteiger partial charge in [-0.15, -0.1) is 0 Å². The highest BCUT2D eigenvalue weighted by Crippen LogP contribution is 2.28. The monoisotopic (exact) mass is 396 g/mol. The molecule has 0 saturated carbocycles. The summed E-state index contributed by atoms with van der Waals surface area (Å²) in [7, 11) is 0. The molecule has 0 bridgehead atoms. The van der Waals surface area contributed by atoms with Crippen molar-refractivity contribution in [3.05, 3.63) is 24.0 Å². The highest BCUT2D eigenvalue weighted by Gasteiger charge is 2.32. The Morgan fingerprint density at radius 2 is 2.00 bits per heavy atom. The lowest BCUT2D eigenvalue weighted by Crippen LogP contribution is -2.48. The van der Waals surface area contributed by atoms with Crippen molar-refractivity contribution >= 4 is 41.0 Å². The predicted octanol–water partition coefficient (Wildman–Crippen LogP) is 1.78. The van der Waals surface area contributed by atoms with E-state index in [9.17, 15) is 14.0 Å². The zero-order chi connectivity index (χ0) is 20.0. The van der Waals surface area contributed by atoms with Gasteiger partial charge in [-0.1, -0.05) is 12.2 Å². The second-order valence-corrected chi connectivity index (χ2v) is 6.69. The molecule has 2 saturated heterocycles. The smallest absolute Gasteiger partial charge is 0.414 e. The van der Waals surface area contributed by atoms with Gasteiger partial charge in [0.05, 0.1) is 17.9 Å². The highest BCUT2D eigenvalue weighted by molar-refractivity contribution is 7.78. The van der Waals surface area contributed by atoms with E-state index in [4.69, 9.17) is 10.5 Å². The third-order valence-electron chi connectivity index (χ3n) is 4.45. The van der Waals surface area contributed by atoms with E-state index in [2.05, 4.69) is 12.2 Å². The first-order chi connectivity index (χ1) is 12.9. The number of cyclic esters (lactones) is 1. The number of halogens is 1. The second kappa shape index (κ2) is 9.61. The summed E-state index contributed by atoms with van der Waals surface area (Å²) in [5.41, 5.74) is 6.44. The minimum Gasteiger partial charge on any atom is -0.443 e. The average Bonchev–Trinajstić information content (AvgIpc) is 3.03. The van der Waals surface area contributed by atoms with E-state index in [1.54, 1.807) is 22.4 Å². The minimum absolute atomic E-state index is 0.0347. The summed E-state index contributed by atoms with van der Waals surface area (Å²) in [6.07, 6.45) is -0.868. The van der Waals surface area contributed by atoms with Crippen molar-refractivity contribution in [2.24, 2.45) is 5.73 Å². The lowest BCUT2D eigenvalue weighted by molar-refractivity contribution is -0.129. The number of nitrogens with two attached hydrogens (primary N) is 1. The second-order valence-electron chi connectivity index (χ2n) is 6.22. The fourth-order valence-electron chi connectivity index (χ4n) is 3.04. The third-order valence-corrected chi connectivity index (χ3v) is 4.45. The Morgan fingerprint density at radius 3 is 2.48 bits per heavy atom. The molecule has 0 aromatic heterocycles. The van der Waals surface area contributed by atoms with Crippen molar-refractivity contribution in [2.75, 3.05) is 49.1 Å². The van der Waals surface area contributed by atoms with Crippen LogP contribution in [0.4, 0.5) is 20.6 Å². The van der Waals surface area contributed by atoms with Crippen LogP contribution in [0, 0.1) is 5.82 Å². The molecule has 0 spiro atoms. The number of rotatable bonds is 3. The Morgan fingerprint density at radius 1 is 1.37 bits per heavy atom. The van der Waals surface area contributed by atoms with Gasteiger partial charge in [-0.25, -0.2) is 9.18 Å². The quantitative estimate of drug-likeness (QED) is 0.785. The molecule has 2 aliphatic rings. The molecular weight excluding hydrogens is 371 g/mol. The van der Waals surface area contributed by atoms with E-state index >= 15 is 0 Å². The lowest BCUT2D eigenvalue weighted by Gasteiger charge is -2.35. The zero-order valence-electron chi connectivity index (χ0n) is 15.6. The third kappa shape index (κ3) is 5.14. The number of ether oxygens (including phenoxy) is 1. The average molecular weight is 396 g/mol. The van der Waals surface area contributed by atoms with Gasteiger partial charge in [0.25, 0.3) is 0 Å². The fraction of sp³-hybridized carbons (Fsp3) is 0.500. The molecule has 2 heterocycles. The van der Waals surface area contributed by atoms with Crippen molar-refractivity contribution in [1.82, 2.24) is 4.90 Å². The molecule has 148 valence electrons. The first-order valence-electron chi connectivity index (χ1n) is 8.79. The number of hydrogen-bond donors (Lipinski definition) is 1. The lowest BCUT2D eigenvalue weighted by atomic mass is 10.2. The Balaban J connectivity index is 0.000000817.